The first-order valence-corrected chi connectivity index (χ1v) is 47.7. The van der Waals surface area contributed by atoms with E-state index < -0.39 is 267 Å². The van der Waals surface area contributed by atoms with Gasteiger partial charge in [0.05, 0.1) is 43.7 Å². The highest BCUT2D eigenvalue weighted by Crippen LogP contribution is 2.30. The van der Waals surface area contributed by atoms with E-state index in [1.165, 1.54) is 74.7 Å². The Bertz CT molecular complexity index is 5480. The maximum absolute atomic E-state index is 15.9. The van der Waals surface area contributed by atoms with Gasteiger partial charge in [0.2, 0.25) is 94.5 Å². The number of para-hydroxylation sites is 2. The molecule has 0 spiro atoms. The predicted octanol–water partition coefficient (Wildman–Crippen LogP) is 0.158. The highest BCUT2D eigenvalue weighted by atomic mass is 32.2. The second-order valence-electron chi connectivity index (χ2n) is 35.7. The summed E-state index contributed by atoms with van der Waals surface area (Å²) in [6.45, 7) is 5.64. The first-order chi connectivity index (χ1) is 66.3. The molecule has 3 aromatic heterocycles. The fourth-order valence-corrected chi connectivity index (χ4v) is 17.8. The number of primary amides is 2. The number of nitrogens with one attached hydrogen (secondary N) is 12. The first kappa shape index (κ1) is 109. The zero-order valence-electron chi connectivity index (χ0n) is 79.3. The van der Waals surface area contributed by atoms with Gasteiger partial charge in [0, 0.05) is 131 Å². The minimum Gasteiger partial charge on any atom is -0.508 e. The van der Waals surface area contributed by atoms with Crippen LogP contribution in [0.5, 0.6) is 5.75 Å². The standard InChI is InChI=1S/C96H129N21O21S/c1-9-11-26-76-91(133)109-70(36-54(3)4)89(131)112-75(87(129)103-47-81(99)122)51-139-52-83(124)106-72(37-56-28-30-62(118)31-29-56)92(134)113(6)55(5)85(127)110-74(43-80(98)121)94(136)116(48-57-20-14-13-15-21-57)50-82(123)105-71(41-61-46-100-53-104-61)90(132)108-69(32-33-84(125)126)95(137)117-49-63(119)42-78(117)79(120)40-58(38-59-44-101-66-24-18-16-22-64(59)66)86(128)107-68(34-35-97)88(130)111-73(39-60-45-102-67-25-19-17-23-65(60)67)93(135)115(8)77(27-12-10-2)96(138)114(76)7/h13-25,28-31,44-46,53-55,58,63,68-78,101-102,118-119H,9-12,26-27,32-43,47-52,97H2,1-8H3,(H2,98,121)(H2,99,122)(H,100,104)(H,103,129)(H,105,123)(H,106,124)(H,107,128)(H,108,132)(H,109,133)(H,110,127)(H,111,130)(H,112,131)(H,125,126)/t55-,58+,63+,68-,69-,70-,71-,72-,73-,74-,75-,76-,77-,78-/m0/s1. The average Bonchev–Trinajstić information content (AvgIpc) is 1.58. The lowest BCUT2D eigenvalue weighted by Gasteiger charge is -2.36. The number of thioether (sulfide) groups is 1. The molecule has 14 atom stereocenters. The number of nitrogens with zero attached hydrogens (tertiary/aromatic N) is 6. The van der Waals surface area contributed by atoms with Crippen LogP contribution in [-0.4, -0.2) is 303 Å². The van der Waals surface area contributed by atoms with Crippen LogP contribution in [0.1, 0.15) is 146 Å². The lowest BCUT2D eigenvalue weighted by molar-refractivity contribution is -0.149. The number of aromatic hydroxyl groups is 1. The summed E-state index contributed by atoms with van der Waals surface area (Å²) in [4.78, 5) is 283. The number of nitrogens with two attached hydrogens (primary N) is 3. The highest BCUT2D eigenvalue weighted by Gasteiger charge is 2.46. The average molecular weight is 1950 g/mol. The summed E-state index contributed by atoms with van der Waals surface area (Å²) in [5, 5.41) is 57.1. The van der Waals surface area contributed by atoms with Gasteiger partial charge in [-0.2, -0.15) is 0 Å². The highest BCUT2D eigenvalue weighted by molar-refractivity contribution is 8.00. The Morgan fingerprint density at radius 2 is 1.12 bits per heavy atom. The number of rotatable bonds is 28. The third kappa shape index (κ3) is 31.5. The molecule has 42 nitrogen and oxygen atoms in total. The smallest absolute Gasteiger partial charge is 0.303 e. The van der Waals surface area contributed by atoms with E-state index in [0.29, 0.717) is 69.7 Å². The third-order valence-corrected chi connectivity index (χ3v) is 25.6. The number of aromatic amines is 3. The molecule has 750 valence electrons. The second-order valence-corrected chi connectivity index (χ2v) is 36.7. The Balaban J connectivity index is 1.12. The maximum atomic E-state index is 15.9. The number of phenolic OH excluding ortho intramolecular Hbond substituents is 1. The van der Waals surface area contributed by atoms with Gasteiger partial charge in [-0.05, 0) is 104 Å². The number of fused-ring (bicyclic) bond motifs is 3. The molecule has 7 aromatic rings. The van der Waals surface area contributed by atoms with Crippen LogP contribution in [0, 0.1) is 11.8 Å². The molecule has 0 saturated carbocycles. The van der Waals surface area contributed by atoms with Crippen molar-refractivity contribution in [3.05, 3.63) is 156 Å². The zero-order valence-corrected chi connectivity index (χ0v) is 80.1. The van der Waals surface area contributed by atoms with Crippen LogP contribution < -0.4 is 65.1 Å². The first-order valence-electron chi connectivity index (χ1n) is 46.5. The number of carbonyl (C=O) groups excluding carboxylic acids is 17. The van der Waals surface area contributed by atoms with Crippen LogP contribution in [0.3, 0.4) is 0 Å². The SMILES string of the molecule is CCCC[C@H]1C(=O)N(C)[C@@H](CCCC)C(=O)N[C@@H](CC(C)C)C(=O)N[C@H](C(=O)NCC(N)=O)CSCC(=O)N[C@@H](Cc2ccc(O)cc2)C(=O)N(C)[C@@H](C)C(=O)N[C@@H](CC(N)=O)C(=O)N(Cc2ccccc2)CC(=O)N[C@@H](Cc2cnc[nH]2)C(=O)N[C@@H](CCC(=O)O)C(=O)N2C[C@H](O)C[C@H]2C(=O)C[C@@H](Cc2c[nH]c3ccccc23)C(=O)N[C@@H](CCN)C(=O)N[C@@H](Cc2c[nH]c3ccccc23)C(=O)N1C. The lowest BCUT2D eigenvalue weighted by atomic mass is 9.90. The van der Waals surface area contributed by atoms with Crippen molar-refractivity contribution in [3.8, 4) is 5.75 Å². The predicted molar refractivity (Wildman–Crippen MR) is 512 cm³/mol. The van der Waals surface area contributed by atoms with Crippen LogP contribution >= 0.6 is 11.8 Å². The number of carboxylic acids is 1. The molecular weight excluding hydrogens is 1820 g/mol. The normalized spacial score (nSPS) is 23.5. The number of aliphatic carboxylic acids is 1. The molecule has 2 saturated heterocycles. The van der Waals surface area contributed by atoms with Crippen LogP contribution in [0.2, 0.25) is 0 Å². The van der Waals surface area contributed by atoms with Gasteiger partial charge >= 0.3 is 5.97 Å². The number of H-pyrrole nitrogens is 3. The number of aromatic nitrogens is 4. The Morgan fingerprint density at radius 1 is 0.554 bits per heavy atom. The van der Waals surface area contributed by atoms with Crippen molar-refractivity contribution in [2.75, 3.05) is 58.8 Å². The molecule has 5 heterocycles. The summed E-state index contributed by atoms with van der Waals surface area (Å²) in [5.74, 6) is -20.3. The van der Waals surface area contributed by atoms with E-state index in [9.17, 15) is 58.5 Å². The zero-order chi connectivity index (χ0) is 101. The number of benzene rings is 4. The van der Waals surface area contributed by atoms with Crippen molar-refractivity contribution < 1.29 is 102 Å². The number of aliphatic hydroxyl groups excluding tert-OH is 1. The Labute approximate surface area is 808 Å². The minimum atomic E-state index is -1.89. The molecule has 4 aromatic carbocycles. The molecule has 0 unspecified atom stereocenters. The quantitative estimate of drug-likeness (QED) is 0.0310. The maximum Gasteiger partial charge on any atom is 0.303 e. The lowest BCUT2D eigenvalue weighted by Crippen LogP contribution is -2.60. The number of aliphatic hydroxyl groups is 1. The molecule has 139 heavy (non-hydrogen) atoms. The molecule has 2 aliphatic heterocycles. The molecule has 0 aliphatic carbocycles. The summed E-state index contributed by atoms with van der Waals surface area (Å²) in [5.41, 5.74) is 20.9. The van der Waals surface area contributed by atoms with E-state index in [4.69, 9.17) is 17.2 Å². The number of unbranched alkanes of at least 4 members (excludes halogenated alkanes) is 2. The second kappa shape index (κ2) is 52.4. The van der Waals surface area contributed by atoms with Gasteiger partial charge in [0.15, 0.2) is 5.78 Å². The Kier molecular flexibility index (Phi) is 41.0. The molecule has 0 radical (unpaired) electrons. The minimum absolute atomic E-state index is 0.0252. The number of likely N-dealkylation sites (N-methyl/N-ethyl adjacent to an activating group) is 3. The number of carbonyl (C=O) groups is 18. The number of imidazole rings is 1. The fourth-order valence-electron chi connectivity index (χ4n) is 16.9. The number of hydrogen-bond donors (Lipinski definition) is 18. The third-order valence-electron chi connectivity index (χ3n) is 24.6. The van der Waals surface area contributed by atoms with Crippen LogP contribution in [-0.2, 0) is 119 Å². The number of phenols is 1. The Morgan fingerprint density at radius 3 is 1.73 bits per heavy atom. The molecule has 21 N–H and O–H groups in total. The summed E-state index contributed by atoms with van der Waals surface area (Å²) in [7, 11) is 3.97. The number of hydrogen-bond acceptors (Lipinski definition) is 23. The van der Waals surface area contributed by atoms with Gasteiger partial charge in [-0.15, -0.1) is 11.8 Å². The van der Waals surface area contributed by atoms with Crippen molar-refractivity contribution in [2.45, 2.75) is 229 Å². The topological polar surface area (TPSA) is 631 Å². The monoisotopic (exact) mass is 1940 g/mol. The van der Waals surface area contributed by atoms with Gasteiger partial charge in [-0.3, -0.25) is 86.3 Å². The molecule has 9 rings (SSSR count). The van der Waals surface area contributed by atoms with E-state index in [2.05, 4.69) is 67.8 Å². The van der Waals surface area contributed by atoms with Crippen molar-refractivity contribution >= 4 is 140 Å². The molecule has 2 aliphatic rings. The summed E-state index contributed by atoms with van der Waals surface area (Å²) in [6.07, 6.45) is 1.33. The van der Waals surface area contributed by atoms with Gasteiger partial charge in [0.1, 0.15) is 72.2 Å². The van der Waals surface area contributed by atoms with Gasteiger partial charge in [0.25, 0.3) is 0 Å². The van der Waals surface area contributed by atoms with Crippen LogP contribution in [0.4, 0.5) is 0 Å². The van der Waals surface area contributed by atoms with Gasteiger partial charge < -0.3 is 120 Å². The van der Waals surface area contributed by atoms with Crippen LogP contribution in [0.25, 0.3) is 21.8 Å². The summed E-state index contributed by atoms with van der Waals surface area (Å²) < 4.78 is 0. The fraction of sp³-hybridized carbons (Fsp3) is 0.490. The molecule has 16 amide bonds. The molecule has 43 heteroatoms. The van der Waals surface area contributed by atoms with Crippen molar-refractivity contribution in [2.24, 2.45) is 29.0 Å². The summed E-state index contributed by atoms with van der Waals surface area (Å²) in [6, 6.07) is 8.95. The molecule has 0 bridgehead atoms. The van der Waals surface area contributed by atoms with E-state index in [-0.39, 0.29) is 68.9 Å². The van der Waals surface area contributed by atoms with E-state index in [1.54, 1.807) is 105 Å². The number of amides is 16. The molecular formula is C96H129N21O21S. The van der Waals surface area contributed by atoms with Crippen LogP contribution in [0.15, 0.2) is 128 Å². The van der Waals surface area contributed by atoms with E-state index in [1.807, 2.05) is 13.8 Å². The van der Waals surface area contributed by atoms with E-state index in [0.717, 1.165) is 26.5 Å². The number of Topliss-reactive ketones (excluding diaryl/α,β-unsaturated/α-hetero) is 1. The van der Waals surface area contributed by atoms with Gasteiger partial charge in [-0.1, -0.05) is 132 Å². The number of ketones is 1. The van der Waals surface area contributed by atoms with Crippen molar-refractivity contribution in [1.29, 1.82) is 0 Å². The molecule has 2 fully saturated rings. The van der Waals surface area contributed by atoms with Gasteiger partial charge in [-0.25, -0.2) is 4.98 Å². The Hall–Kier alpha value is -14.1. The summed E-state index contributed by atoms with van der Waals surface area (Å²) >= 11 is 0.783. The largest absolute Gasteiger partial charge is 0.508 e. The van der Waals surface area contributed by atoms with E-state index >= 15 is 43.2 Å². The number of carboxylic acid groups (broad SMARTS) is 1. The van der Waals surface area contributed by atoms with Crippen molar-refractivity contribution in [3.63, 3.8) is 0 Å². The van der Waals surface area contributed by atoms with Crippen molar-refractivity contribution in [1.82, 2.24) is 92.3 Å².